The highest BCUT2D eigenvalue weighted by Gasteiger charge is 2.20. The van der Waals surface area contributed by atoms with Crippen molar-refractivity contribution in [3.63, 3.8) is 0 Å². The maximum Gasteiger partial charge on any atom is 0.327 e. The zero-order valence-electron chi connectivity index (χ0n) is 12.5. The van der Waals surface area contributed by atoms with Crippen LogP contribution in [0.15, 0.2) is 24.3 Å². The Morgan fingerprint density at radius 2 is 2.13 bits per heavy atom. The van der Waals surface area contributed by atoms with Gasteiger partial charge in [0.1, 0.15) is 0 Å². The summed E-state index contributed by atoms with van der Waals surface area (Å²) in [5.74, 6) is -1.38. The first-order valence-electron chi connectivity index (χ1n) is 6.95. The summed E-state index contributed by atoms with van der Waals surface area (Å²) in [5.41, 5.74) is 2.18. The van der Waals surface area contributed by atoms with Gasteiger partial charge in [0.15, 0.2) is 6.54 Å². The molecule has 0 radical (unpaired) electrons. The Morgan fingerprint density at radius 1 is 1.39 bits per heavy atom. The average Bonchev–Trinajstić information content (AvgIpc) is 2.92. The van der Waals surface area contributed by atoms with E-state index in [9.17, 15) is 9.59 Å². The van der Waals surface area contributed by atoms with E-state index in [-0.39, 0.29) is 17.8 Å². The van der Waals surface area contributed by atoms with E-state index in [1.165, 1.54) is 0 Å². The molecule has 1 aromatic carbocycles. The van der Waals surface area contributed by atoms with Crippen LogP contribution in [0, 0.1) is 12.8 Å². The molecule has 0 bridgehead atoms. The predicted octanol–water partition coefficient (Wildman–Crippen LogP) is 0.793. The molecule has 0 fully saturated rings. The lowest BCUT2D eigenvalue weighted by molar-refractivity contribution is -0.138. The number of nitrogens with one attached hydrogen (secondary N) is 1. The minimum Gasteiger partial charge on any atom is -0.480 e. The lowest BCUT2D eigenvalue weighted by Gasteiger charge is -2.14. The molecule has 122 valence electrons. The third kappa shape index (κ3) is 4.78. The molecule has 1 aromatic heterocycles. The van der Waals surface area contributed by atoms with Crippen LogP contribution < -0.4 is 5.32 Å². The number of thiol groups is 1. The van der Waals surface area contributed by atoms with Crippen LogP contribution in [0.25, 0.3) is 0 Å². The number of anilines is 1. The summed E-state index contributed by atoms with van der Waals surface area (Å²) in [6, 6.07) is 7.83. The van der Waals surface area contributed by atoms with Gasteiger partial charge in [-0.25, -0.2) is 0 Å². The quantitative estimate of drug-likeness (QED) is 0.646. The number of carbonyl (C=O) groups is 2. The fraction of sp³-hybridized carbons (Fsp3) is 0.357. The minimum absolute atomic E-state index is 0.0205. The first-order chi connectivity index (χ1) is 11.0. The van der Waals surface area contributed by atoms with Crippen LogP contribution in [-0.4, -0.2) is 42.9 Å². The van der Waals surface area contributed by atoms with E-state index in [1.54, 1.807) is 0 Å². The smallest absolute Gasteiger partial charge is 0.327 e. The van der Waals surface area contributed by atoms with Crippen LogP contribution >= 0.6 is 12.6 Å². The van der Waals surface area contributed by atoms with E-state index in [1.807, 2.05) is 31.2 Å². The van der Waals surface area contributed by atoms with E-state index in [0.717, 1.165) is 15.9 Å². The van der Waals surface area contributed by atoms with E-state index >= 15 is 0 Å². The highest BCUT2D eigenvalue weighted by Crippen LogP contribution is 2.15. The Kier molecular flexibility index (Phi) is 5.69. The van der Waals surface area contributed by atoms with Gasteiger partial charge in [-0.3, -0.25) is 14.9 Å². The summed E-state index contributed by atoms with van der Waals surface area (Å²) in [7, 11) is 0. The molecule has 0 spiro atoms. The highest BCUT2D eigenvalue weighted by atomic mass is 32.1. The van der Waals surface area contributed by atoms with Gasteiger partial charge in [-0.1, -0.05) is 29.4 Å². The van der Waals surface area contributed by atoms with Crippen molar-refractivity contribution in [2.45, 2.75) is 19.9 Å². The van der Waals surface area contributed by atoms with Crippen LogP contribution in [0.1, 0.15) is 11.1 Å². The van der Waals surface area contributed by atoms with Gasteiger partial charge in [-0.15, -0.1) is 5.10 Å². The Labute approximate surface area is 138 Å². The highest BCUT2D eigenvalue weighted by molar-refractivity contribution is 7.80. The third-order valence-electron chi connectivity index (χ3n) is 3.28. The predicted molar refractivity (Wildman–Crippen MR) is 86.3 cm³/mol. The van der Waals surface area contributed by atoms with Gasteiger partial charge in [0.25, 0.3) is 5.95 Å². The van der Waals surface area contributed by atoms with Crippen molar-refractivity contribution in [3.8, 4) is 0 Å². The van der Waals surface area contributed by atoms with Gasteiger partial charge in [-0.05, 0) is 29.7 Å². The van der Waals surface area contributed by atoms with Crippen molar-refractivity contribution in [3.05, 3.63) is 35.4 Å². The molecule has 1 atom stereocenters. The number of rotatable bonds is 7. The van der Waals surface area contributed by atoms with E-state index < -0.39 is 12.5 Å². The number of hydrogen-bond donors (Lipinski definition) is 3. The molecule has 0 unspecified atom stereocenters. The first kappa shape index (κ1) is 16.9. The summed E-state index contributed by atoms with van der Waals surface area (Å²) in [5, 5.41) is 22.1. The number of carboxylic acid groups (broad SMARTS) is 1. The van der Waals surface area contributed by atoms with Crippen molar-refractivity contribution >= 4 is 30.5 Å². The summed E-state index contributed by atoms with van der Waals surface area (Å²) < 4.78 is 0. The number of tetrazole rings is 1. The van der Waals surface area contributed by atoms with Crippen molar-refractivity contribution in [2.75, 3.05) is 11.1 Å². The fourth-order valence-electron chi connectivity index (χ4n) is 2.04. The maximum atomic E-state index is 12.3. The van der Waals surface area contributed by atoms with E-state index in [4.69, 9.17) is 5.11 Å². The fourth-order valence-corrected chi connectivity index (χ4v) is 2.33. The monoisotopic (exact) mass is 335 g/mol. The SMILES string of the molecule is Cc1ccccc1C[C@H](CS)C(=O)Nc1nnn(CC(=O)O)n1. The molecule has 2 aromatic rings. The number of aliphatic carboxylic acids is 1. The zero-order valence-corrected chi connectivity index (χ0v) is 13.4. The minimum atomic E-state index is -1.09. The largest absolute Gasteiger partial charge is 0.480 e. The molecule has 23 heavy (non-hydrogen) atoms. The molecule has 0 saturated heterocycles. The van der Waals surface area contributed by atoms with Crippen LogP contribution in [0.4, 0.5) is 5.95 Å². The maximum absolute atomic E-state index is 12.3. The number of aryl methyl sites for hydroxylation is 1. The Morgan fingerprint density at radius 3 is 2.78 bits per heavy atom. The van der Waals surface area contributed by atoms with Crippen LogP contribution in [0.3, 0.4) is 0 Å². The number of carbonyl (C=O) groups excluding carboxylic acids is 1. The number of hydrogen-bond acceptors (Lipinski definition) is 6. The molecular weight excluding hydrogens is 318 g/mol. The number of carboxylic acids is 1. The van der Waals surface area contributed by atoms with Gasteiger partial charge in [0.05, 0.1) is 5.92 Å². The number of benzene rings is 1. The Bertz CT molecular complexity index is 703. The molecule has 2 N–H and O–H groups in total. The van der Waals surface area contributed by atoms with Crippen molar-refractivity contribution in [1.82, 2.24) is 20.2 Å². The van der Waals surface area contributed by atoms with Crippen LogP contribution in [0.2, 0.25) is 0 Å². The van der Waals surface area contributed by atoms with Gasteiger partial charge >= 0.3 is 5.97 Å². The van der Waals surface area contributed by atoms with Crippen LogP contribution in [0.5, 0.6) is 0 Å². The second-order valence-electron chi connectivity index (χ2n) is 5.04. The molecule has 0 saturated carbocycles. The summed E-state index contributed by atoms with van der Waals surface area (Å²) in [4.78, 5) is 23.8. The normalized spacial score (nSPS) is 11.9. The van der Waals surface area contributed by atoms with Crippen LogP contribution in [-0.2, 0) is 22.6 Å². The van der Waals surface area contributed by atoms with Gasteiger partial charge in [0.2, 0.25) is 5.91 Å². The van der Waals surface area contributed by atoms with E-state index in [2.05, 4.69) is 33.4 Å². The third-order valence-corrected chi connectivity index (χ3v) is 3.72. The van der Waals surface area contributed by atoms with Crippen molar-refractivity contribution in [2.24, 2.45) is 5.92 Å². The molecule has 0 aliphatic rings. The molecule has 0 aliphatic carbocycles. The summed E-state index contributed by atoms with van der Waals surface area (Å²) in [6.07, 6.45) is 0.547. The standard InChI is InChI=1S/C14H17N5O3S/c1-9-4-2-3-5-10(9)6-11(8-23)13(22)15-14-16-18-19(17-14)7-12(20)21/h2-5,11,23H,6-8H2,1H3,(H,20,21)(H,15,17,22)/t11-/m1/s1. The molecule has 1 heterocycles. The molecule has 1 amide bonds. The second-order valence-corrected chi connectivity index (χ2v) is 5.40. The zero-order chi connectivity index (χ0) is 16.8. The number of amides is 1. The first-order valence-corrected chi connectivity index (χ1v) is 7.58. The van der Waals surface area contributed by atoms with Gasteiger partial charge in [0, 0.05) is 5.75 Å². The van der Waals surface area contributed by atoms with Crippen molar-refractivity contribution < 1.29 is 14.7 Å². The average molecular weight is 335 g/mol. The Hall–Kier alpha value is -2.42. The lowest BCUT2D eigenvalue weighted by Crippen LogP contribution is -2.27. The van der Waals surface area contributed by atoms with E-state index in [0.29, 0.717) is 12.2 Å². The summed E-state index contributed by atoms with van der Waals surface area (Å²) >= 11 is 4.24. The summed E-state index contributed by atoms with van der Waals surface area (Å²) in [6.45, 7) is 1.57. The molecular formula is C14H17N5O3S. The van der Waals surface area contributed by atoms with Crippen molar-refractivity contribution in [1.29, 1.82) is 0 Å². The molecule has 9 heteroatoms. The van der Waals surface area contributed by atoms with Gasteiger partial charge in [-0.2, -0.15) is 17.4 Å². The lowest BCUT2D eigenvalue weighted by atomic mass is 9.97. The second kappa shape index (κ2) is 7.73. The topological polar surface area (TPSA) is 110 Å². The molecule has 2 rings (SSSR count). The number of aromatic nitrogens is 4. The molecule has 8 nitrogen and oxygen atoms in total. The Balaban J connectivity index is 2.01. The number of nitrogens with zero attached hydrogens (tertiary/aromatic N) is 4. The van der Waals surface area contributed by atoms with Gasteiger partial charge < -0.3 is 5.11 Å². The molecule has 0 aliphatic heterocycles.